The fourth-order valence-corrected chi connectivity index (χ4v) is 2.17. The van der Waals surface area contributed by atoms with E-state index in [1.807, 2.05) is 6.92 Å². The highest BCUT2D eigenvalue weighted by atomic mass is 79.9. The number of hydrogen-bond donors (Lipinski definition) is 1. The molecule has 1 rings (SSSR count). The molecule has 0 aromatic heterocycles. The maximum atomic E-state index is 13.0. The van der Waals surface area contributed by atoms with Gasteiger partial charge < -0.3 is 5.32 Å². The normalized spacial score (nSPS) is 13.4. The van der Waals surface area contributed by atoms with Gasteiger partial charge in [0.05, 0.1) is 5.56 Å². The van der Waals surface area contributed by atoms with E-state index in [1.54, 1.807) is 12.1 Å². The smallest absolute Gasteiger partial charge is 0.310 e. The molecule has 1 N–H and O–H groups in total. The van der Waals surface area contributed by atoms with E-state index in [2.05, 4.69) is 27.8 Å². The molecule has 0 aliphatic rings. The van der Waals surface area contributed by atoms with Gasteiger partial charge in [0, 0.05) is 10.5 Å². The number of halogens is 4. The Labute approximate surface area is 113 Å². The molecule has 0 saturated heterocycles. The summed E-state index contributed by atoms with van der Waals surface area (Å²) >= 11 is 3.08. The summed E-state index contributed by atoms with van der Waals surface area (Å²) in [6.07, 6.45) is -2.28. The Morgan fingerprint density at radius 2 is 2.11 bits per heavy atom. The van der Waals surface area contributed by atoms with E-state index >= 15 is 0 Å². The van der Waals surface area contributed by atoms with Crippen LogP contribution in [0.15, 0.2) is 35.3 Å². The number of hydrogen-bond acceptors (Lipinski definition) is 1. The number of alkyl halides is 3. The monoisotopic (exact) mass is 321 g/mol. The van der Waals surface area contributed by atoms with E-state index < -0.39 is 11.7 Å². The lowest BCUT2D eigenvalue weighted by Crippen LogP contribution is -2.23. The summed E-state index contributed by atoms with van der Waals surface area (Å²) in [5.74, 6) is 0. The van der Waals surface area contributed by atoms with Gasteiger partial charge in [0.2, 0.25) is 0 Å². The minimum atomic E-state index is -4.35. The summed E-state index contributed by atoms with van der Waals surface area (Å²) in [6, 6.07) is 3.88. The molecule has 0 amide bonds. The van der Waals surface area contributed by atoms with Crippen molar-refractivity contribution in [2.45, 2.75) is 25.6 Å². The van der Waals surface area contributed by atoms with E-state index in [4.69, 9.17) is 0 Å². The van der Waals surface area contributed by atoms with Crippen molar-refractivity contribution in [2.24, 2.45) is 0 Å². The Kier molecular flexibility index (Phi) is 5.41. The molecule has 1 aromatic carbocycles. The van der Waals surface area contributed by atoms with Gasteiger partial charge >= 0.3 is 6.18 Å². The van der Waals surface area contributed by atoms with Crippen LogP contribution in [0.5, 0.6) is 0 Å². The second-order valence-electron chi connectivity index (χ2n) is 3.86. The van der Waals surface area contributed by atoms with Crippen LogP contribution in [0.1, 0.15) is 30.5 Å². The summed E-state index contributed by atoms with van der Waals surface area (Å²) in [4.78, 5) is 0. The van der Waals surface area contributed by atoms with Crippen molar-refractivity contribution in [3.8, 4) is 0 Å². The van der Waals surface area contributed by atoms with Crippen LogP contribution in [0.4, 0.5) is 13.2 Å². The Morgan fingerprint density at radius 1 is 1.44 bits per heavy atom. The van der Waals surface area contributed by atoms with Crippen molar-refractivity contribution in [1.82, 2.24) is 5.32 Å². The second-order valence-corrected chi connectivity index (χ2v) is 4.78. The van der Waals surface area contributed by atoms with Crippen LogP contribution < -0.4 is 5.32 Å². The second kappa shape index (κ2) is 6.38. The molecule has 0 aliphatic carbocycles. The molecular weight excluding hydrogens is 307 g/mol. The lowest BCUT2D eigenvalue weighted by molar-refractivity contribution is -0.138. The van der Waals surface area contributed by atoms with Gasteiger partial charge in [-0.05, 0) is 30.7 Å². The number of nitrogens with one attached hydrogen (secondary N) is 1. The van der Waals surface area contributed by atoms with Gasteiger partial charge in [0.25, 0.3) is 0 Å². The maximum Gasteiger partial charge on any atom is 0.416 e. The Hall–Kier alpha value is -0.810. The first kappa shape index (κ1) is 15.2. The zero-order valence-electron chi connectivity index (χ0n) is 10.0. The Bertz CT molecular complexity index is 415. The highest BCUT2D eigenvalue weighted by molar-refractivity contribution is 9.10. The number of rotatable bonds is 5. The lowest BCUT2D eigenvalue weighted by atomic mass is 9.97. The van der Waals surface area contributed by atoms with Gasteiger partial charge in [0.15, 0.2) is 0 Å². The van der Waals surface area contributed by atoms with Crippen LogP contribution in [0.2, 0.25) is 0 Å². The van der Waals surface area contributed by atoms with Crippen LogP contribution in [-0.2, 0) is 6.18 Å². The molecule has 1 nitrogen and oxygen atoms in total. The van der Waals surface area contributed by atoms with E-state index in [0.29, 0.717) is 17.4 Å². The molecule has 1 unspecified atom stereocenters. The van der Waals surface area contributed by atoms with E-state index in [-0.39, 0.29) is 11.6 Å². The Balaban J connectivity index is 3.24. The first-order valence-corrected chi connectivity index (χ1v) is 6.40. The van der Waals surface area contributed by atoms with Gasteiger partial charge in [0.1, 0.15) is 0 Å². The summed E-state index contributed by atoms with van der Waals surface area (Å²) < 4.78 is 39.4. The van der Waals surface area contributed by atoms with Gasteiger partial charge in [-0.25, -0.2) is 0 Å². The van der Waals surface area contributed by atoms with E-state index in [1.165, 1.54) is 6.07 Å². The molecule has 0 aliphatic heterocycles. The summed E-state index contributed by atoms with van der Waals surface area (Å²) in [6.45, 7) is 6.05. The maximum absolute atomic E-state index is 13.0. The molecule has 1 atom stereocenters. The van der Waals surface area contributed by atoms with E-state index in [0.717, 1.165) is 6.07 Å². The van der Waals surface area contributed by atoms with Crippen molar-refractivity contribution in [3.05, 3.63) is 46.5 Å². The predicted molar refractivity (Wildman–Crippen MR) is 70.4 cm³/mol. The van der Waals surface area contributed by atoms with Crippen LogP contribution in [0.3, 0.4) is 0 Å². The first-order chi connectivity index (χ1) is 8.40. The predicted octanol–water partition coefficient (Wildman–Crippen LogP) is 4.69. The first-order valence-electron chi connectivity index (χ1n) is 5.61. The molecular formula is C13H15BrF3N. The van der Waals surface area contributed by atoms with Gasteiger partial charge in [-0.3, -0.25) is 0 Å². The van der Waals surface area contributed by atoms with Crippen LogP contribution in [-0.4, -0.2) is 6.54 Å². The fraction of sp³-hybridized carbons (Fsp3) is 0.385. The minimum Gasteiger partial charge on any atom is -0.310 e. The van der Waals surface area contributed by atoms with Gasteiger partial charge in [-0.2, -0.15) is 13.2 Å². The van der Waals surface area contributed by atoms with Crippen molar-refractivity contribution >= 4 is 15.9 Å². The van der Waals surface area contributed by atoms with Gasteiger partial charge in [-0.1, -0.05) is 35.0 Å². The third kappa shape index (κ3) is 3.85. The van der Waals surface area contributed by atoms with Crippen molar-refractivity contribution in [3.63, 3.8) is 0 Å². The number of benzene rings is 1. The zero-order chi connectivity index (χ0) is 13.8. The third-order valence-corrected chi connectivity index (χ3v) is 3.04. The molecule has 0 heterocycles. The molecule has 0 bridgehead atoms. The molecule has 0 radical (unpaired) electrons. The van der Waals surface area contributed by atoms with Crippen molar-refractivity contribution in [1.29, 1.82) is 0 Å². The molecule has 100 valence electrons. The topological polar surface area (TPSA) is 12.0 Å². The summed E-state index contributed by atoms with van der Waals surface area (Å²) in [5.41, 5.74) is -0.350. The average molecular weight is 322 g/mol. The highest BCUT2D eigenvalue weighted by Crippen LogP contribution is 2.37. The third-order valence-electron chi connectivity index (χ3n) is 2.55. The standard InChI is InChI=1S/C13H15BrF3N/c1-3-5-12(18-4-2)10-7-6-9(14)8-11(10)13(15,16)17/h3,6-8,12,18H,1,4-5H2,2H3. The quantitative estimate of drug-likeness (QED) is 0.775. The molecule has 0 saturated carbocycles. The summed E-state index contributed by atoms with van der Waals surface area (Å²) in [5, 5.41) is 3.05. The lowest BCUT2D eigenvalue weighted by Gasteiger charge is -2.21. The Morgan fingerprint density at radius 3 is 2.61 bits per heavy atom. The molecule has 0 spiro atoms. The zero-order valence-corrected chi connectivity index (χ0v) is 11.6. The average Bonchev–Trinajstić information content (AvgIpc) is 2.27. The summed E-state index contributed by atoms with van der Waals surface area (Å²) in [7, 11) is 0. The van der Waals surface area contributed by atoms with Crippen molar-refractivity contribution in [2.75, 3.05) is 6.54 Å². The van der Waals surface area contributed by atoms with Crippen LogP contribution in [0.25, 0.3) is 0 Å². The molecule has 18 heavy (non-hydrogen) atoms. The fourth-order valence-electron chi connectivity index (χ4n) is 1.81. The molecule has 5 heteroatoms. The molecule has 1 aromatic rings. The van der Waals surface area contributed by atoms with Crippen LogP contribution in [0, 0.1) is 0 Å². The van der Waals surface area contributed by atoms with E-state index in [9.17, 15) is 13.2 Å². The SMILES string of the molecule is C=CCC(NCC)c1ccc(Br)cc1C(F)(F)F. The molecule has 0 fully saturated rings. The van der Waals surface area contributed by atoms with Gasteiger partial charge in [-0.15, -0.1) is 6.58 Å². The largest absolute Gasteiger partial charge is 0.416 e. The van der Waals surface area contributed by atoms with Crippen molar-refractivity contribution < 1.29 is 13.2 Å². The minimum absolute atomic E-state index is 0.257. The highest BCUT2D eigenvalue weighted by Gasteiger charge is 2.35. The van der Waals surface area contributed by atoms with Crippen LogP contribution >= 0.6 is 15.9 Å².